The predicted octanol–water partition coefficient (Wildman–Crippen LogP) is 3.38. The van der Waals surface area contributed by atoms with Crippen molar-refractivity contribution in [3.05, 3.63) is 42.2 Å². The highest BCUT2D eigenvalue weighted by Crippen LogP contribution is 2.30. The molecule has 9 heteroatoms. The molecule has 1 aromatic heterocycles. The molecule has 2 N–H and O–H groups in total. The lowest BCUT2D eigenvalue weighted by Crippen LogP contribution is -2.28. The molecule has 1 aliphatic rings. The highest BCUT2D eigenvalue weighted by atomic mass is 28.2. The molecule has 1 aromatic carbocycles. The van der Waals surface area contributed by atoms with E-state index in [-0.39, 0.29) is 17.7 Å². The number of hydrogen-bond donors (Lipinski definition) is 1. The maximum atomic E-state index is 14.8. The van der Waals surface area contributed by atoms with Gasteiger partial charge in [0.1, 0.15) is 11.9 Å². The van der Waals surface area contributed by atoms with Crippen molar-refractivity contribution < 1.29 is 18.3 Å². The highest BCUT2D eigenvalue weighted by Gasteiger charge is 2.32. The molecule has 156 valence electrons. The van der Waals surface area contributed by atoms with Gasteiger partial charge in [-0.1, -0.05) is 20.8 Å². The first-order valence-electron chi connectivity index (χ1n) is 9.48. The third-order valence-electron chi connectivity index (χ3n) is 4.47. The summed E-state index contributed by atoms with van der Waals surface area (Å²) in [6.07, 6.45) is 2.43. The maximum absolute atomic E-state index is 14.8. The summed E-state index contributed by atoms with van der Waals surface area (Å²) in [6, 6.07) is 4.61. The van der Waals surface area contributed by atoms with E-state index < -0.39 is 17.5 Å². The van der Waals surface area contributed by atoms with E-state index in [1.54, 1.807) is 29.2 Å². The molecule has 3 rings (SSSR count). The topological polar surface area (TPSA) is 82.6 Å². The average Bonchev–Trinajstić information content (AvgIpc) is 3.27. The number of carbonyl (C=O) groups is 1. The van der Waals surface area contributed by atoms with E-state index in [0.29, 0.717) is 33.4 Å². The van der Waals surface area contributed by atoms with Gasteiger partial charge in [-0.15, -0.1) is 0 Å². The fourth-order valence-electron chi connectivity index (χ4n) is 2.83. The van der Waals surface area contributed by atoms with Gasteiger partial charge in [-0.3, -0.25) is 4.90 Å². The molecule has 0 saturated carbocycles. The number of carbonyl (C=O) groups excluding carboxylic acids is 1. The quantitative estimate of drug-likeness (QED) is 0.727. The Balaban J connectivity index is 1.79. The maximum Gasteiger partial charge on any atom is 0.414 e. The first-order chi connectivity index (χ1) is 13.5. The monoisotopic (exact) mass is 418 g/mol. The standard InChI is InChI=1S/C20H27FN4O3Si/c1-19(2,3)29-28-20(4,5)17-11-24(12-23-17)16-7-6-13(8-15(16)21)25-10-14(9-22)27-18(25)26/h6-8,11-12,14H,9-10,22H2,1-5H3. The Morgan fingerprint density at radius 1 is 1.34 bits per heavy atom. The van der Waals surface area contributed by atoms with E-state index in [4.69, 9.17) is 14.9 Å². The van der Waals surface area contributed by atoms with Crippen LogP contribution in [-0.2, 0) is 14.8 Å². The van der Waals surface area contributed by atoms with Crippen molar-refractivity contribution in [3.8, 4) is 5.69 Å². The SMILES string of the molecule is CC(C)(C)[Si]OC(C)(C)c1cn(-c2ccc(N3CC(CN)OC3=O)cc2F)cn1. The van der Waals surface area contributed by atoms with Gasteiger partial charge in [0.2, 0.25) is 9.76 Å². The summed E-state index contributed by atoms with van der Waals surface area (Å²) in [5.74, 6) is -0.467. The van der Waals surface area contributed by atoms with Gasteiger partial charge in [0.15, 0.2) is 0 Å². The van der Waals surface area contributed by atoms with E-state index >= 15 is 0 Å². The number of nitrogens with zero attached hydrogens (tertiary/aromatic N) is 3. The zero-order valence-corrected chi connectivity index (χ0v) is 18.4. The molecular formula is C20H27FN4O3Si. The molecule has 0 bridgehead atoms. The Labute approximate surface area is 172 Å². The summed E-state index contributed by atoms with van der Waals surface area (Å²) in [7, 11) is 0.307. The summed E-state index contributed by atoms with van der Waals surface area (Å²) in [5.41, 5.74) is 6.44. The van der Waals surface area contributed by atoms with Crippen LogP contribution < -0.4 is 10.6 Å². The van der Waals surface area contributed by atoms with Gasteiger partial charge in [0.05, 0.1) is 35.5 Å². The molecule has 1 saturated heterocycles. The van der Waals surface area contributed by atoms with Crippen LogP contribution in [0.3, 0.4) is 0 Å². The minimum absolute atomic E-state index is 0.0569. The van der Waals surface area contributed by atoms with Crippen LogP contribution in [-0.4, -0.2) is 44.6 Å². The molecule has 1 unspecified atom stereocenters. The van der Waals surface area contributed by atoms with Crippen LogP contribution in [0.2, 0.25) is 5.04 Å². The Bertz CT molecular complexity index is 894. The minimum atomic E-state index is -0.593. The molecule has 29 heavy (non-hydrogen) atoms. The van der Waals surface area contributed by atoms with Gasteiger partial charge < -0.3 is 19.5 Å². The van der Waals surface area contributed by atoms with Gasteiger partial charge in [0, 0.05) is 12.7 Å². The van der Waals surface area contributed by atoms with Crippen LogP contribution in [0.1, 0.15) is 40.3 Å². The summed E-state index contributed by atoms with van der Waals surface area (Å²) in [6.45, 7) is 10.8. The van der Waals surface area contributed by atoms with Gasteiger partial charge in [-0.25, -0.2) is 14.2 Å². The first-order valence-corrected chi connectivity index (χ1v) is 10.4. The van der Waals surface area contributed by atoms with Crippen molar-refractivity contribution in [2.75, 3.05) is 18.0 Å². The third kappa shape index (κ3) is 4.85. The molecule has 0 aliphatic carbocycles. The molecule has 7 nitrogen and oxygen atoms in total. The second-order valence-corrected chi connectivity index (χ2v) is 10.5. The fourth-order valence-corrected chi connectivity index (χ4v) is 3.49. The van der Waals surface area contributed by atoms with Crippen LogP contribution in [0.25, 0.3) is 5.69 Å². The van der Waals surface area contributed by atoms with Gasteiger partial charge in [-0.2, -0.15) is 0 Å². The van der Waals surface area contributed by atoms with Crippen molar-refractivity contribution in [3.63, 3.8) is 0 Å². The summed E-state index contributed by atoms with van der Waals surface area (Å²) >= 11 is 0. The second-order valence-electron chi connectivity index (χ2n) is 8.62. The average molecular weight is 419 g/mol. The van der Waals surface area contributed by atoms with Gasteiger partial charge >= 0.3 is 6.09 Å². The Kier molecular flexibility index (Phi) is 5.84. The molecule has 0 spiro atoms. The zero-order valence-electron chi connectivity index (χ0n) is 17.4. The van der Waals surface area contributed by atoms with Crippen LogP contribution in [0.5, 0.6) is 0 Å². The first kappa shape index (κ1) is 21.5. The molecule has 1 aliphatic heterocycles. The van der Waals surface area contributed by atoms with Gasteiger partial charge in [-0.05, 0) is 37.1 Å². The molecule has 2 aromatic rings. The van der Waals surface area contributed by atoms with Crippen LogP contribution in [0.15, 0.2) is 30.7 Å². The third-order valence-corrected chi connectivity index (χ3v) is 5.69. The van der Waals surface area contributed by atoms with E-state index in [1.165, 1.54) is 11.0 Å². The lowest BCUT2D eigenvalue weighted by Gasteiger charge is -2.27. The van der Waals surface area contributed by atoms with Crippen molar-refractivity contribution in [1.82, 2.24) is 9.55 Å². The Morgan fingerprint density at radius 3 is 2.66 bits per heavy atom. The summed E-state index contributed by atoms with van der Waals surface area (Å²) in [4.78, 5) is 17.8. The van der Waals surface area contributed by atoms with E-state index in [1.807, 2.05) is 13.8 Å². The molecule has 1 atom stereocenters. The van der Waals surface area contributed by atoms with E-state index in [9.17, 15) is 9.18 Å². The van der Waals surface area contributed by atoms with E-state index in [0.717, 1.165) is 0 Å². The normalized spacial score (nSPS) is 17.7. The number of nitrogens with two attached hydrogens (primary N) is 1. The lowest BCUT2D eigenvalue weighted by atomic mass is 10.1. The van der Waals surface area contributed by atoms with E-state index in [2.05, 4.69) is 25.8 Å². The van der Waals surface area contributed by atoms with Crippen LogP contribution in [0, 0.1) is 5.82 Å². The van der Waals surface area contributed by atoms with Crippen molar-refractivity contribution >= 4 is 21.5 Å². The predicted molar refractivity (Wildman–Crippen MR) is 110 cm³/mol. The lowest BCUT2D eigenvalue weighted by molar-refractivity contribution is 0.105. The van der Waals surface area contributed by atoms with Crippen molar-refractivity contribution in [1.29, 1.82) is 0 Å². The number of rotatable bonds is 6. The van der Waals surface area contributed by atoms with Crippen LogP contribution in [0.4, 0.5) is 14.9 Å². The summed E-state index contributed by atoms with van der Waals surface area (Å²) in [5, 5.41) is 0.0569. The fraction of sp³-hybridized carbons (Fsp3) is 0.500. The molecular weight excluding hydrogens is 391 g/mol. The van der Waals surface area contributed by atoms with Gasteiger partial charge in [0.25, 0.3) is 0 Å². The molecule has 1 fully saturated rings. The largest absolute Gasteiger partial charge is 0.443 e. The van der Waals surface area contributed by atoms with Crippen molar-refractivity contribution in [2.24, 2.45) is 5.73 Å². The number of aromatic nitrogens is 2. The number of anilines is 1. The summed E-state index contributed by atoms with van der Waals surface area (Å²) < 4.78 is 27.6. The minimum Gasteiger partial charge on any atom is -0.443 e. The number of hydrogen-bond acceptors (Lipinski definition) is 5. The molecule has 2 heterocycles. The number of cyclic esters (lactones) is 1. The molecule has 2 radical (unpaired) electrons. The Morgan fingerprint density at radius 2 is 2.07 bits per heavy atom. The number of amides is 1. The number of imidazole rings is 1. The zero-order chi connectivity index (χ0) is 21.4. The second kappa shape index (κ2) is 7.89. The number of ether oxygens (including phenoxy) is 1. The number of halogens is 1. The van der Waals surface area contributed by atoms with Crippen LogP contribution >= 0.6 is 0 Å². The van der Waals surface area contributed by atoms with Crippen molar-refractivity contribution in [2.45, 2.75) is 51.4 Å². The Hall–Kier alpha value is -2.23. The number of benzene rings is 1. The highest BCUT2D eigenvalue weighted by molar-refractivity contribution is 6.31. The smallest absolute Gasteiger partial charge is 0.414 e. The molecule has 1 amide bonds.